The third-order valence-electron chi connectivity index (χ3n) is 2.14. The zero-order valence-corrected chi connectivity index (χ0v) is 8.38. The predicted octanol–water partition coefficient (Wildman–Crippen LogP) is -0.637. The van der Waals surface area contributed by atoms with E-state index in [4.69, 9.17) is 11.5 Å². The normalized spacial score (nSPS) is 12.9. The third-order valence-corrected chi connectivity index (χ3v) is 2.14. The van der Waals surface area contributed by atoms with Gasteiger partial charge in [-0.15, -0.1) is 0 Å². The summed E-state index contributed by atoms with van der Waals surface area (Å²) >= 11 is 0. The summed E-state index contributed by atoms with van der Waals surface area (Å²) in [6.07, 6.45) is 3.96. The van der Waals surface area contributed by atoms with Crippen molar-refractivity contribution >= 4 is 5.95 Å². The highest BCUT2D eigenvalue weighted by Gasteiger charge is 2.14. The number of rotatable bonds is 3. The van der Waals surface area contributed by atoms with Crippen LogP contribution < -0.4 is 11.5 Å². The van der Waals surface area contributed by atoms with E-state index in [2.05, 4.69) is 20.1 Å². The summed E-state index contributed by atoms with van der Waals surface area (Å²) < 4.78 is 1.50. The summed E-state index contributed by atoms with van der Waals surface area (Å²) in [6.45, 7) is 0. The lowest BCUT2D eigenvalue weighted by atomic mass is 10.2. The molecule has 0 bridgehead atoms. The average molecular weight is 207 g/mol. The number of H-pyrrole nitrogens is 1. The Kier molecular flexibility index (Phi) is 2.38. The van der Waals surface area contributed by atoms with Gasteiger partial charge < -0.3 is 16.5 Å². The quantitative estimate of drug-likeness (QED) is 0.620. The maximum Gasteiger partial charge on any atom is 0.218 e. The van der Waals surface area contributed by atoms with Gasteiger partial charge in [-0.2, -0.15) is 10.1 Å². The second-order valence-corrected chi connectivity index (χ2v) is 3.34. The molecule has 1 atom stereocenters. The number of nitrogen functional groups attached to an aromatic ring is 1. The van der Waals surface area contributed by atoms with Crippen LogP contribution in [0.3, 0.4) is 0 Å². The molecule has 0 aliphatic carbocycles. The van der Waals surface area contributed by atoms with Gasteiger partial charge >= 0.3 is 0 Å². The van der Waals surface area contributed by atoms with Gasteiger partial charge in [0.1, 0.15) is 0 Å². The van der Waals surface area contributed by atoms with Gasteiger partial charge in [-0.1, -0.05) is 0 Å². The van der Waals surface area contributed by atoms with Crippen LogP contribution in [0, 0.1) is 0 Å². The maximum absolute atomic E-state index is 5.93. The van der Waals surface area contributed by atoms with E-state index in [1.807, 2.05) is 0 Å². The van der Waals surface area contributed by atoms with E-state index in [1.165, 1.54) is 4.68 Å². The number of anilines is 1. The maximum atomic E-state index is 5.93. The van der Waals surface area contributed by atoms with Crippen molar-refractivity contribution in [3.05, 3.63) is 24.0 Å². The zero-order chi connectivity index (χ0) is 10.8. The molecule has 0 fully saturated rings. The van der Waals surface area contributed by atoms with E-state index >= 15 is 0 Å². The van der Waals surface area contributed by atoms with Crippen molar-refractivity contribution in [3.8, 4) is 0 Å². The number of aryl methyl sites for hydroxylation is 1. The van der Waals surface area contributed by atoms with Crippen LogP contribution in [0.5, 0.6) is 0 Å². The van der Waals surface area contributed by atoms with Gasteiger partial charge in [0.25, 0.3) is 0 Å². The molecule has 5 N–H and O–H groups in total. The van der Waals surface area contributed by atoms with Crippen molar-refractivity contribution in [2.75, 3.05) is 5.73 Å². The number of hydrogen-bond donors (Lipinski definition) is 3. The summed E-state index contributed by atoms with van der Waals surface area (Å²) in [6, 6.07) is -0.269. The van der Waals surface area contributed by atoms with Crippen molar-refractivity contribution in [1.82, 2.24) is 24.7 Å². The van der Waals surface area contributed by atoms with Crippen LogP contribution in [0.2, 0.25) is 0 Å². The Morgan fingerprint density at radius 1 is 1.60 bits per heavy atom. The van der Waals surface area contributed by atoms with E-state index in [1.54, 1.807) is 19.6 Å². The van der Waals surface area contributed by atoms with E-state index in [9.17, 15) is 0 Å². The number of aromatic amines is 1. The summed E-state index contributed by atoms with van der Waals surface area (Å²) in [5.41, 5.74) is 12.4. The van der Waals surface area contributed by atoms with E-state index in [0.29, 0.717) is 18.2 Å². The Morgan fingerprint density at radius 3 is 2.93 bits per heavy atom. The molecule has 0 aliphatic rings. The third kappa shape index (κ3) is 1.96. The van der Waals surface area contributed by atoms with Crippen molar-refractivity contribution in [2.24, 2.45) is 12.8 Å². The van der Waals surface area contributed by atoms with Gasteiger partial charge in [-0.3, -0.25) is 0 Å². The molecule has 7 heteroatoms. The monoisotopic (exact) mass is 207 g/mol. The second-order valence-electron chi connectivity index (χ2n) is 3.34. The van der Waals surface area contributed by atoms with Crippen molar-refractivity contribution < 1.29 is 0 Å². The number of imidazole rings is 1. The minimum atomic E-state index is -0.269. The summed E-state index contributed by atoms with van der Waals surface area (Å²) in [5.74, 6) is 0.912. The van der Waals surface area contributed by atoms with Crippen LogP contribution in [-0.4, -0.2) is 24.7 Å². The van der Waals surface area contributed by atoms with Crippen LogP contribution in [0.25, 0.3) is 0 Å². The Bertz CT molecular complexity index is 410. The Labute approximate surface area is 86.5 Å². The Hall–Kier alpha value is -1.89. The molecule has 7 nitrogen and oxygen atoms in total. The minimum Gasteiger partial charge on any atom is -0.368 e. The lowest BCUT2D eigenvalue weighted by molar-refractivity contribution is 0.641. The molecule has 1 unspecified atom stereocenters. The standard InChI is InChI=1S/C8H13N7/c1-15-8(10)13-7(14-15)6(9)2-5-3-11-4-12-5/h3-4,6H,2,9H2,1H3,(H,11,12)(H2,10,13,14). The van der Waals surface area contributed by atoms with Crippen LogP contribution in [0.1, 0.15) is 17.6 Å². The molecule has 0 radical (unpaired) electrons. The molecule has 0 aliphatic heterocycles. The van der Waals surface area contributed by atoms with Gasteiger partial charge in [0, 0.05) is 25.4 Å². The lowest BCUT2D eigenvalue weighted by Gasteiger charge is -2.04. The fraction of sp³-hybridized carbons (Fsp3) is 0.375. The van der Waals surface area contributed by atoms with Gasteiger partial charge in [-0.05, 0) is 0 Å². The average Bonchev–Trinajstić information content (AvgIpc) is 2.78. The number of nitrogens with two attached hydrogens (primary N) is 2. The first-order valence-corrected chi connectivity index (χ1v) is 4.56. The van der Waals surface area contributed by atoms with Crippen molar-refractivity contribution in [1.29, 1.82) is 0 Å². The number of nitrogens with zero attached hydrogens (tertiary/aromatic N) is 4. The Balaban J connectivity index is 2.11. The molecule has 2 rings (SSSR count). The molecule has 0 aromatic carbocycles. The van der Waals surface area contributed by atoms with Crippen LogP contribution in [-0.2, 0) is 13.5 Å². The molecular formula is C8H13N7. The minimum absolute atomic E-state index is 0.269. The van der Waals surface area contributed by atoms with Gasteiger partial charge in [0.15, 0.2) is 5.82 Å². The van der Waals surface area contributed by atoms with Crippen LogP contribution in [0.15, 0.2) is 12.5 Å². The highest BCUT2D eigenvalue weighted by atomic mass is 15.4. The number of hydrogen-bond acceptors (Lipinski definition) is 5. The van der Waals surface area contributed by atoms with Crippen molar-refractivity contribution in [3.63, 3.8) is 0 Å². The molecule has 2 aromatic heterocycles. The van der Waals surface area contributed by atoms with E-state index in [0.717, 1.165) is 5.69 Å². The second kappa shape index (κ2) is 3.70. The highest BCUT2D eigenvalue weighted by molar-refractivity contribution is 5.17. The highest BCUT2D eigenvalue weighted by Crippen LogP contribution is 2.11. The van der Waals surface area contributed by atoms with Crippen molar-refractivity contribution in [2.45, 2.75) is 12.5 Å². The van der Waals surface area contributed by atoms with Crippen LogP contribution in [0.4, 0.5) is 5.95 Å². The van der Waals surface area contributed by atoms with E-state index in [-0.39, 0.29) is 6.04 Å². The molecule has 15 heavy (non-hydrogen) atoms. The first-order chi connectivity index (χ1) is 7.16. The lowest BCUT2D eigenvalue weighted by Crippen LogP contribution is -2.15. The summed E-state index contributed by atoms with van der Waals surface area (Å²) in [5, 5.41) is 4.11. The fourth-order valence-corrected chi connectivity index (χ4v) is 1.30. The summed E-state index contributed by atoms with van der Waals surface area (Å²) in [7, 11) is 1.73. The van der Waals surface area contributed by atoms with Gasteiger partial charge in [0.05, 0.1) is 12.4 Å². The SMILES string of the molecule is Cn1nc(C(N)Cc2cnc[nH]2)nc1N. The topological polar surface area (TPSA) is 111 Å². The molecule has 80 valence electrons. The molecular weight excluding hydrogens is 194 g/mol. The van der Waals surface area contributed by atoms with Gasteiger partial charge in [0.2, 0.25) is 5.95 Å². The molecule has 0 saturated carbocycles. The molecule has 0 amide bonds. The number of aromatic nitrogens is 5. The summed E-state index contributed by atoms with van der Waals surface area (Å²) in [4.78, 5) is 10.9. The molecule has 2 heterocycles. The number of nitrogens with one attached hydrogen (secondary N) is 1. The smallest absolute Gasteiger partial charge is 0.218 e. The first-order valence-electron chi connectivity index (χ1n) is 4.56. The molecule has 0 saturated heterocycles. The Morgan fingerprint density at radius 2 is 2.40 bits per heavy atom. The predicted molar refractivity (Wildman–Crippen MR) is 54.6 cm³/mol. The largest absolute Gasteiger partial charge is 0.368 e. The van der Waals surface area contributed by atoms with Gasteiger partial charge in [-0.25, -0.2) is 9.67 Å². The molecule has 0 spiro atoms. The first kappa shape index (κ1) is 9.66. The molecule has 2 aromatic rings. The van der Waals surface area contributed by atoms with E-state index < -0.39 is 0 Å². The zero-order valence-electron chi connectivity index (χ0n) is 8.38. The fourth-order valence-electron chi connectivity index (χ4n) is 1.30. The van der Waals surface area contributed by atoms with Crippen LogP contribution >= 0.6 is 0 Å².